The van der Waals surface area contributed by atoms with Gasteiger partial charge in [0.2, 0.25) is 0 Å². The maximum atomic E-state index is 5.81. The largest absolute Gasteiger partial charge is 0.489 e. The first-order valence-corrected chi connectivity index (χ1v) is 6.33. The maximum Gasteiger partial charge on any atom is 0.120 e. The Bertz CT molecular complexity index is 491. The summed E-state index contributed by atoms with van der Waals surface area (Å²) in [4.78, 5) is 0. The van der Waals surface area contributed by atoms with Crippen LogP contribution in [0.1, 0.15) is 16.7 Å². The molecule has 0 aromatic heterocycles. The summed E-state index contributed by atoms with van der Waals surface area (Å²) in [5.74, 6) is 0.940. The molecular formula is C16H20NO+. The lowest BCUT2D eigenvalue weighted by molar-refractivity contribution is -0.643. The Labute approximate surface area is 109 Å². The number of nitrogens with two attached hydrogens (primary N) is 1. The van der Waals surface area contributed by atoms with Crippen LogP contribution in [0, 0.1) is 6.92 Å². The first-order chi connectivity index (χ1) is 8.78. The monoisotopic (exact) mass is 242 g/mol. The minimum Gasteiger partial charge on any atom is -0.489 e. The number of quaternary nitrogens is 1. The van der Waals surface area contributed by atoms with Crippen LogP contribution in [0.2, 0.25) is 0 Å². The Kier molecular flexibility index (Phi) is 4.37. The van der Waals surface area contributed by atoms with E-state index in [-0.39, 0.29) is 0 Å². The Hall–Kier alpha value is -1.80. The van der Waals surface area contributed by atoms with Crippen LogP contribution in [0.3, 0.4) is 0 Å². The summed E-state index contributed by atoms with van der Waals surface area (Å²) in [7, 11) is 2.07. The van der Waals surface area contributed by atoms with Gasteiger partial charge < -0.3 is 10.1 Å². The molecule has 2 rings (SSSR count). The van der Waals surface area contributed by atoms with Gasteiger partial charge in [-0.15, -0.1) is 0 Å². The summed E-state index contributed by atoms with van der Waals surface area (Å²) in [5, 5.41) is 2.15. The standard InChI is InChI=1S/C16H19NO/c1-13-6-8-14(9-7-13)12-18-16-5-3-4-15(10-16)11-17-2/h3-10,17H,11-12H2,1-2H3/p+1. The molecule has 0 bridgehead atoms. The molecule has 2 aromatic carbocycles. The second-order valence-corrected chi connectivity index (χ2v) is 4.53. The molecule has 0 aliphatic heterocycles. The van der Waals surface area contributed by atoms with Gasteiger partial charge in [0.15, 0.2) is 0 Å². The molecule has 0 saturated heterocycles. The highest BCUT2D eigenvalue weighted by atomic mass is 16.5. The molecule has 0 heterocycles. The van der Waals surface area contributed by atoms with Gasteiger partial charge in [-0.2, -0.15) is 0 Å². The smallest absolute Gasteiger partial charge is 0.120 e. The molecule has 0 fully saturated rings. The SMILES string of the molecule is C[NH2+]Cc1cccc(OCc2ccc(C)cc2)c1. The number of hydrogen-bond donors (Lipinski definition) is 1. The van der Waals surface area contributed by atoms with Gasteiger partial charge in [-0.3, -0.25) is 0 Å². The van der Waals surface area contributed by atoms with E-state index in [0.717, 1.165) is 12.3 Å². The summed E-state index contributed by atoms with van der Waals surface area (Å²) < 4.78 is 5.81. The Balaban J connectivity index is 1.97. The fourth-order valence-corrected chi connectivity index (χ4v) is 1.85. The van der Waals surface area contributed by atoms with E-state index in [1.54, 1.807) is 0 Å². The highest BCUT2D eigenvalue weighted by molar-refractivity contribution is 5.28. The molecule has 2 nitrogen and oxygen atoms in total. The fraction of sp³-hybridized carbons (Fsp3) is 0.250. The van der Waals surface area contributed by atoms with Crippen LogP contribution in [0.25, 0.3) is 0 Å². The van der Waals surface area contributed by atoms with E-state index < -0.39 is 0 Å². The average Bonchev–Trinajstić information content (AvgIpc) is 2.39. The third-order valence-electron chi connectivity index (χ3n) is 2.86. The third kappa shape index (κ3) is 3.60. The van der Waals surface area contributed by atoms with Gasteiger partial charge in [0, 0.05) is 5.56 Å². The quantitative estimate of drug-likeness (QED) is 0.855. The van der Waals surface area contributed by atoms with Gasteiger partial charge in [-0.05, 0) is 24.6 Å². The molecule has 2 N–H and O–H groups in total. The minimum atomic E-state index is 0.625. The van der Waals surface area contributed by atoms with Crippen molar-refractivity contribution in [3.8, 4) is 5.75 Å². The maximum absolute atomic E-state index is 5.81. The molecule has 0 saturated carbocycles. The van der Waals surface area contributed by atoms with E-state index >= 15 is 0 Å². The number of hydrogen-bond acceptors (Lipinski definition) is 1. The van der Waals surface area contributed by atoms with Crippen molar-refractivity contribution in [1.29, 1.82) is 0 Å². The van der Waals surface area contributed by atoms with Crippen LogP contribution < -0.4 is 10.1 Å². The zero-order valence-corrected chi connectivity index (χ0v) is 11.0. The van der Waals surface area contributed by atoms with Crippen molar-refractivity contribution in [2.75, 3.05) is 7.05 Å². The molecule has 0 aliphatic rings. The molecule has 0 unspecified atom stereocenters. The summed E-state index contributed by atoms with van der Waals surface area (Å²) >= 11 is 0. The normalized spacial score (nSPS) is 10.3. The van der Waals surface area contributed by atoms with Crippen molar-refractivity contribution in [2.24, 2.45) is 0 Å². The van der Waals surface area contributed by atoms with Gasteiger partial charge in [0.1, 0.15) is 18.9 Å². The van der Waals surface area contributed by atoms with Crippen molar-refractivity contribution in [3.63, 3.8) is 0 Å². The van der Waals surface area contributed by atoms with Crippen molar-refractivity contribution in [1.82, 2.24) is 0 Å². The predicted octanol–water partition coefficient (Wildman–Crippen LogP) is 2.27. The Morgan fingerprint density at radius 3 is 2.50 bits per heavy atom. The van der Waals surface area contributed by atoms with Gasteiger partial charge in [-0.25, -0.2) is 0 Å². The lowest BCUT2D eigenvalue weighted by atomic mass is 10.2. The number of benzene rings is 2. The van der Waals surface area contributed by atoms with Crippen LogP contribution in [0.4, 0.5) is 0 Å². The lowest BCUT2D eigenvalue weighted by Gasteiger charge is -2.07. The van der Waals surface area contributed by atoms with Crippen molar-refractivity contribution < 1.29 is 10.1 Å². The van der Waals surface area contributed by atoms with E-state index in [1.807, 2.05) is 12.1 Å². The topological polar surface area (TPSA) is 25.8 Å². The van der Waals surface area contributed by atoms with E-state index in [1.165, 1.54) is 16.7 Å². The second-order valence-electron chi connectivity index (χ2n) is 4.53. The average molecular weight is 242 g/mol. The van der Waals surface area contributed by atoms with E-state index in [0.29, 0.717) is 6.61 Å². The van der Waals surface area contributed by atoms with Crippen LogP contribution >= 0.6 is 0 Å². The first kappa shape index (κ1) is 12.7. The third-order valence-corrected chi connectivity index (χ3v) is 2.86. The molecule has 0 radical (unpaired) electrons. The molecular weight excluding hydrogens is 222 g/mol. The Morgan fingerprint density at radius 2 is 1.78 bits per heavy atom. The van der Waals surface area contributed by atoms with E-state index in [2.05, 4.69) is 55.7 Å². The Morgan fingerprint density at radius 1 is 1.00 bits per heavy atom. The zero-order valence-electron chi connectivity index (χ0n) is 11.0. The van der Waals surface area contributed by atoms with E-state index in [9.17, 15) is 0 Å². The van der Waals surface area contributed by atoms with Crippen LogP contribution in [-0.2, 0) is 13.2 Å². The molecule has 18 heavy (non-hydrogen) atoms. The molecule has 2 heteroatoms. The van der Waals surface area contributed by atoms with Gasteiger partial charge in [0.25, 0.3) is 0 Å². The van der Waals surface area contributed by atoms with Crippen molar-refractivity contribution in [3.05, 3.63) is 65.2 Å². The van der Waals surface area contributed by atoms with E-state index in [4.69, 9.17) is 4.74 Å². The molecule has 0 spiro atoms. The summed E-state index contributed by atoms with van der Waals surface area (Å²) in [6.45, 7) is 3.71. The van der Waals surface area contributed by atoms with Crippen molar-refractivity contribution >= 4 is 0 Å². The zero-order chi connectivity index (χ0) is 12.8. The highest BCUT2D eigenvalue weighted by Crippen LogP contribution is 2.15. The summed E-state index contributed by atoms with van der Waals surface area (Å²) in [6.07, 6.45) is 0. The van der Waals surface area contributed by atoms with Crippen LogP contribution in [0.5, 0.6) is 5.75 Å². The van der Waals surface area contributed by atoms with Crippen LogP contribution in [-0.4, -0.2) is 7.05 Å². The van der Waals surface area contributed by atoms with Gasteiger partial charge >= 0.3 is 0 Å². The molecule has 0 atom stereocenters. The highest BCUT2D eigenvalue weighted by Gasteiger charge is 1.99. The minimum absolute atomic E-state index is 0.625. The predicted molar refractivity (Wildman–Crippen MR) is 73.5 cm³/mol. The van der Waals surface area contributed by atoms with Gasteiger partial charge in [-0.1, -0.05) is 42.0 Å². The fourth-order valence-electron chi connectivity index (χ4n) is 1.85. The number of rotatable bonds is 5. The molecule has 0 aliphatic carbocycles. The number of ether oxygens (including phenoxy) is 1. The van der Waals surface area contributed by atoms with Crippen molar-refractivity contribution in [2.45, 2.75) is 20.1 Å². The number of aryl methyl sites for hydroxylation is 1. The van der Waals surface area contributed by atoms with Crippen LogP contribution in [0.15, 0.2) is 48.5 Å². The molecule has 2 aromatic rings. The molecule has 94 valence electrons. The molecule has 0 amide bonds. The second kappa shape index (κ2) is 6.22. The summed E-state index contributed by atoms with van der Waals surface area (Å²) in [6, 6.07) is 16.7. The first-order valence-electron chi connectivity index (χ1n) is 6.33. The summed E-state index contributed by atoms with van der Waals surface area (Å²) in [5.41, 5.74) is 3.77. The lowest BCUT2D eigenvalue weighted by Crippen LogP contribution is -2.77. The van der Waals surface area contributed by atoms with Gasteiger partial charge in [0.05, 0.1) is 7.05 Å².